The summed E-state index contributed by atoms with van der Waals surface area (Å²) in [4.78, 5) is 12.5. The van der Waals surface area contributed by atoms with Gasteiger partial charge in [0.2, 0.25) is 0 Å². The van der Waals surface area contributed by atoms with Gasteiger partial charge in [-0.25, -0.2) is 0 Å². The standard InChI is InChI=1S/C20H24N4O/c1-16-20(6-3-8-21-16)25-15-14-23-10-12-24(13-11-23)19-5-2-4-18-17(19)7-9-22-18/h2-9,22H,10-15H2,1H3. The normalized spacial score (nSPS) is 15.6. The van der Waals surface area contributed by atoms with Gasteiger partial charge in [0.25, 0.3) is 0 Å². The zero-order chi connectivity index (χ0) is 17.1. The Hall–Kier alpha value is -2.53. The maximum atomic E-state index is 5.88. The van der Waals surface area contributed by atoms with E-state index < -0.39 is 0 Å². The van der Waals surface area contributed by atoms with Crippen molar-refractivity contribution in [2.45, 2.75) is 6.92 Å². The van der Waals surface area contributed by atoms with E-state index in [1.165, 1.54) is 16.6 Å². The van der Waals surface area contributed by atoms with Crippen LogP contribution in [0.2, 0.25) is 0 Å². The number of aryl methyl sites for hydroxylation is 1. The van der Waals surface area contributed by atoms with Gasteiger partial charge in [0.05, 0.1) is 5.69 Å². The zero-order valence-corrected chi connectivity index (χ0v) is 14.6. The summed E-state index contributed by atoms with van der Waals surface area (Å²) in [5, 5.41) is 1.31. The third-order valence-corrected chi connectivity index (χ3v) is 4.91. The van der Waals surface area contributed by atoms with Crippen LogP contribution in [0.1, 0.15) is 5.69 Å². The number of hydrogen-bond donors (Lipinski definition) is 1. The molecule has 2 aromatic heterocycles. The molecule has 25 heavy (non-hydrogen) atoms. The average molecular weight is 336 g/mol. The Morgan fingerprint density at radius 3 is 2.80 bits per heavy atom. The van der Waals surface area contributed by atoms with E-state index in [0.29, 0.717) is 6.61 Å². The number of aromatic amines is 1. The van der Waals surface area contributed by atoms with Gasteiger partial charge in [0.15, 0.2) is 0 Å². The lowest BCUT2D eigenvalue weighted by Gasteiger charge is -2.36. The van der Waals surface area contributed by atoms with E-state index in [1.54, 1.807) is 6.20 Å². The molecule has 0 radical (unpaired) electrons. The summed E-state index contributed by atoms with van der Waals surface area (Å²) >= 11 is 0. The van der Waals surface area contributed by atoms with Crippen LogP contribution in [0.5, 0.6) is 5.75 Å². The molecule has 0 saturated carbocycles. The predicted molar refractivity (Wildman–Crippen MR) is 101 cm³/mol. The number of nitrogens with zero attached hydrogens (tertiary/aromatic N) is 3. The maximum absolute atomic E-state index is 5.88. The summed E-state index contributed by atoms with van der Waals surface area (Å²) in [7, 11) is 0. The minimum atomic E-state index is 0.708. The SMILES string of the molecule is Cc1ncccc1OCCN1CCN(c2cccc3[nH]ccc23)CC1. The Balaban J connectivity index is 1.30. The highest BCUT2D eigenvalue weighted by molar-refractivity contribution is 5.92. The van der Waals surface area contributed by atoms with Crippen molar-refractivity contribution in [1.29, 1.82) is 0 Å². The molecule has 1 aliphatic heterocycles. The molecule has 1 aliphatic rings. The molecule has 0 amide bonds. The number of anilines is 1. The molecule has 1 fully saturated rings. The Morgan fingerprint density at radius 1 is 1.08 bits per heavy atom. The van der Waals surface area contributed by atoms with Crippen molar-refractivity contribution in [2.75, 3.05) is 44.2 Å². The van der Waals surface area contributed by atoms with Gasteiger partial charge >= 0.3 is 0 Å². The van der Waals surface area contributed by atoms with Gasteiger partial charge in [0.1, 0.15) is 12.4 Å². The fraction of sp³-hybridized carbons (Fsp3) is 0.350. The molecule has 1 N–H and O–H groups in total. The fourth-order valence-corrected chi connectivity index (χ4v) is 3.46. The molecule has 0 spiro atoms. The highest BCUT2D eigenvalue weighted by Gasteiger charge is 2.18. The molecule has 130 valence electrons. The molecule has 4 rings (SSSR count). The second-order valence-corrected chi connectivity index (χ2v) is 6.48. The quantitative estimate of drug-likeness (QED) is 0.778. The van der Waals surface area contributed by atoms with E-state index in [1.807, 2.05) is 25.3 Å². The molecule has 0 atom stereocenters. The molecular weight excluding hydrogens is 312 g/mol. The number of fused-ring (bicyclic) bond motifs is 1. The average Bonchev–Trinajstić information content (AvgIpc) is 3.13. The Bertz CT molecular complexity index is 836. The lowest BCUT2D eigenvalue weighted by molar-refractivity contribution is 0.199. The number of pyridine rings is 1. The molecular formula is C20H24N4O. The van der Waals surface area contributed by atoms with Crippen LogP contribution in [0, 0.1) is 6.92 Å². The number of nitrogens with one attached hydrogen (secondary N) is 1. The first-order valence-electron chi connectivity index (χ1n) is 8.89. The van der Waals surface area contributed by atoms with Crippen LogP contribution in [0.15, 0.2) is 48.8 Å². The van der Waals surface area contributed by atoms with Crippen molar-refractivity contribution in [2.24, 2.45) is 0 Å². The van der Waals surface area contributed by atoms with Gasteiger partial charge in [-0.1, -0.05) is 6.07 Å². The molecule has 5 nitrogen and oxygen atoms in total. The minimum Gasteiger partial charge on any atom is -0.490 e. The van der Waals surface area contributed by atoms with Gasteiger partial charge in [-0.2, -0.15) is 0 Å². The topological polar surface area (TPSA) is 44.4 Å². The minimum absolute atomic E-state index is 0.708. The van der Waals surface area contributed by atoms with E-state index in [4.69, 9.17) is 4.74 Å². The Labute approximate surface area is 148 Å². The molecule has 3 aromatic rings. The van der Waals surface area contributed by atoms with Crippen molar-refractivity contribution in [1.82, 2.24) is 14.9 Å². The first-order valence-corrected chi connectivity index (χ1v) is 8.89. The van der Waals surface area contributed by atoms with E-state index in [-0.39, 0.29) is 0 Å². The third-order valence-electron chi connectivity index (χ3n) is 4.91. The van der Waals surface area contributed by atoms with Crippen LogP contribution in [0.4, 0.5) is 5.69 Å². The number of aromatic nitrogens is 2. The second kappa shape index (κ2) is 7.15. The summed E-state index contributed by atoms with van der Waals surface area (Å²) in [6.07, 6.45) is 3.81. The molecule has 1 saturated heterocycles. The number of rotatable bonds is 5. The van der Waals surface area contributed by atoms with Crippen molar-refractivity contribution in [3.05, 3.63) is 54.5 Å². The highest BCUT2D eigenvalue weighted by atomic mass is 16.5. The van der Waals surface area contributed by atoms with Crippen LogP contribution in [-0.4, -0.2) is 54.2 Å². The van der Waals surface area contributed by atoms with Crippen molar-refractivity contribution in [3.63, 3.8) is 0 Å². The molecule has 5 heteroatoms. The summed E-state index contributed by atoms with van der Waals surface area (Å²) < 4.78 is 5.88. The van der Waals surface area contributed by atoms with Crippen LogP contribution in [0.25, 0.3) is 10.9 Å². The van der Waals surface area contributed by atoms with Gasteiger partial charge in [-0.3, -0.25) is 9.88 Å². The Kier molecular flexibility index (Phi) is 4.57. The highest BCUT2D eigenvalue weighted by Crippen LogP contribution is 2.26. The van der Waals surface area contributed by atoms with Crippen LogP contribution in [0.3, 0.4) is 0 Å². The molecule has 3 heterocycles. The monoisotopic (exact) mass is 336 g/mol. The summed E-state index contributed by atoms with van der Waals surface area (Å²) in [5.41, 5.74) is 3.49. The predicted octanol–water partition coefficient (Wildman–Crippen LogP) is 3.07. The van der Waals surface area contributed by atoms with Gasteiger partial charge in [-0.15, -0.1) is 0 Å². The van der Waals surface area contributed by atoms with Gasteiger partial charge in [0, 0.05) is 61.7 Å². The van der Waals surface area contributed by atoms with E-state index in [2.05, 4.69) is 44.0 Å². The zero-order valence-electron chi connectivity index (χ0n) is 14.6. The van der Waals surface area contributed by atoms with Gasteiger partial charge in [-0.05, 0) is 37.3 Å². The summed E-state index contributed by atoms with van der Waals surface area (Å²) in [5.74, 6) is 0.889. The summed E-state index contributed by atoms with van der Waals surface area (Å²) in [6, 6.07) is 12.6. The smallest absolute Gasteiger partial charge is 0.140 e. The van der Waals surface area contributed by atoms with E-state index in [0.717, 1.165) is 44.2 Å². The van der Waals surface area contributed by atoms with E-state index in [9.17, 15) is 0 Å². The first kappa shape index (κ1) is 16.0. The third kappa shape index (κ3) is 3.46. The molecule has 0 bridgehead atoms. The number of benzene rings is 1. The lowest BCUT2D eigenvalue weighted by atomic mass is 10.1. The van der Waals surface area contributed by atoms with Crippen molar-refractivity contribution < 1.29 is 4.74 Å². The fourth-order valence-electron chi connectivity index (χ4n) is 3.46. The maximum Gasteiger partial charge on any atom is 0.140 e. The van der Waals surface area contributed by atoms with Crippen molar-refractivity contribution >= 4 is 16.6 Å². The first-order chi connectivity index (χ1) is 12.3. The number of H-pyrrole nitrogens is 1. The van der Waals surface area contributed by atoms with Crippen LogP contribution < -0.4 is 9.64 Å². The summed E-state index contributed by atoms with van der Waals surface area (Å²) in [6.45, 7) is 7.88. The van der Waals surface area contributed by atoms with Crippen LogP contribution in [-0.2, 0) is 0 Å². The molecule has 0 unspecified atom stereocenters. The van der Waals surface area contributed by atoms with E-state index >= 15 is 0 Å². The number of ether oxygens (including phenoxy) is 1. The largest absolute Gasteiger partial charge is 0.490 e. The molecule has 0 aliphatic carbocycles. The van der Waals surface area contributed by atoms with Crippen molar-refractivity contribution in [3.8, 4) is 5.75 Å². The number of hydrogen-bond acceptors (Lipinski definition) is 4. The Morgan fingerprint density at radius 2 is 1.96 bits per heavy atom. The second-order valence-electron chi connectivity index (χ2n) is 6.48. The lowest BCUT2D eigenvalue weighted by Crippen LogP contribution is -2.47. The number of piperazine rings is 1. The van der Waals surface area contributed by atoms with Crippen LogP contribution >= 0.6 is 0 Å². The molecule has 1 aromatic carbocycles. The van der Waals surface area contributed by atoms with Gasteiger partial charge < -0.3 is 14.6 Å².